The number of rotatable bonds is 3. The van der Waals surface area contributed by atoms with Gasteiger partial charge in [0.1, 0.15) is 5.82 Å². The van der Waals surface area contributed by atoms with Gasteiger partial charge in [0, 0.05) is 31.2 Å². The Morgan fingerprint density at radius 3 is 2.54 bits per heavy atom. The number of aryl methyl sites for hydroxylation is 2. The summed E-state index contributed by atoms with van der Waals surface area (Å²) in [6, 6.07) is 0.262. The number of sulfonamides is 1. The predicted molar refractivity (Wildman–Crippen MR) is 94.6 cm³/mol. The van der Waals surface area contributed by atoms with Crippen molar-refractivity contribution in [3.63, 3.8) is 0 Å². The predicted octanol–water partition coefficient (Wildman–Crippen LogP) is 1.83. The van der Waals surface area contributed by atoms with E-state index in [-0.39, 0.29) is 29.5 Å². The summed E-state index contributed by atoms with van der Waals surface area (Å²) in [7, 11) is -3.54. The van der Waals surface area contributed by atoms with Gasteiger partial charge in [-0.25, -0.2) is 18.1 Å². The van der Waals surface area contributed by atoms with Crippen molar-refractivity contribution in [2.24, 2.45) is 17.6 Å². The summed E-state index contributed by atoms with van der Waals surface area (Å²) in [5.74, 6) is 1.66. The molecule has 2 fully saturated rings. The summed E-state index contributed by atoms with van der Waals surface area (Å²) in [5.41, 5.74) is 6.14. The molecule has 1 aliphatic heterocycles. The Morgan fingerprint density at radius 2 is 1.88 bits per heavy atom. The number of fused-ring (bicyclic) bond motifs is 3. The Bertz CT molecular complexity index is 653. The molecule has 136 valence electrons. The van der Waals surface area contributed by atoms with Crippen molar-refractivity contribution in [2.75, 3.05) is 0 Å². The van der Waals surface area contributed by atoms with Crippen molar-refractivity contribution in [1.29, 1.82) is 0 Å². The van der Waals surface area contributed by atoms with E-state index in [4.69, 9.17) is 5.73 Å². The SMILES string of the molecule is Cl.NC1CC2CCCC(C1)C2NS(=O)(=O)c1cn2c(n1)CCCC2. The molecule has 0 saturated heterocycles. The number of nitrogens with one attached hydrogen (secondary N) is 1. The average Bonchev–Trinajstić information content (AvgIpc) is 2.93. The molecule has 6 nitrogen and oxygen atoms in total. The molecule has 0 radical (unpaired) electrons. The van der Waals surface area contributed by atoms with Gasteiger partial charge in [-0.1, -0.05) is 6.42 Å². The molecule has 2 saturated carbocycles. The molecule has 1 aromatic heterocycles. The third-order valence-electron chi connectivity index (χ3n) is 5.83. The number of hydrogen-bond donors (Lipinski definition) is 2. The molecule has 1 aromatic rings. The van der Waals surface area contributed by atoms with Crippen LogP contribution in [0.2, 0.25) is 0 Å². The van der Waals surface area contributed by atoms with Crippen LogP contribution in [0.5, 0.6) is 0 Å². The van der Waals surface area contributed by atoms with Crippen LogP contribution < -0.4 is 10.5 Å². The molecular formula is C16H27ClN4O2S. The highest BCUT2D eigenvalue weighted by atomic mass is 35.5. The Balaban J connectivity index is 0.00000169. The fraction of sp³-hybridized carbons (Fsp3) is 0.812. The third kappa shape index (κ3) is 3.36. The van der Waals surface area contributed by atoms with Crippen molar-refractivity contribution < 1.29 is 8.42 Å². The molecule has 2 unspecified atom stereocenters. The van der Waals surface area contributed by atoms with Crippen LogP contribution >= 0.6 is 12.4 Å². The van der Waals surface area contributed by atoms with E-state index in [0.717, 1.165) is 57.3 Å². The molecule has 2 heterocycles. The normalized spacial score (nSPS) is 32.7. The van der Waals surface area contributed by atoms with Crippen LogP contribution in [0.3, 0.4) is 0 Å². The van der Waals surface area contributed by atoms with Gasteiger partial charge in [-0.2, -0.15) is 0 Å². The fourth-order valence-corrected chi connectivity index (χ4v) is 6.09. The Morgan fingerprint density at radius 1 is 1.17 bits per heavy atom. The smallest absolute Gasteiger partial charge is 0.259 e. The first-order valence-corrected chi connectivity index (χ1v) is 10.4. The number of halogens is 1. The number of aromatic nitrogens is 2. The molecule has 2 aliphatic carbocycles. The molecule has 0 amide bonds. The van der Waals surface area contributed by atoms with Crippen LogP contribution in [-0.4, -0.2) is 30.1 Å². The minimum atomic E-state index is -3.54. The van der Waals surface area contributed by atoms with E-state index >= 15 is 0 Å². The van der Waals surface area contributed by atoms with Gasteiger partial charge in [-0.15, -0.1) is 12.4 Å². The van der Waals surface area contributed by atoms with E-state index in [2.05, 4.69) is 9.71 Å². The minimum Gasteiger partial charge on any atom is -0.333 e. The lowest BCUT2D eigenvalue weighted by Crippen LogP contribution is -2.53. The number of nitrogens with two attached hydrogens (primary N) is 1. The summed E-state index contributed by atoms with van der Waals surface area (Å²) in [4.78, 5) is 4.38. The quantitative estimate of drug-likeness (QED) is 0.844. The molecule has 0 aromatic carbocycles. The summed E-state index contributed by atoms with van der Waals surface area (Å²) in [5, 5.41) is 0.197. The monoisotopic (exact) mass is 374 g/mol. The maximum absolute atomic E-state index is 12.8. The van der Waals surface area contributed by atoms with Gasteiger partial charge in [0.25, 0.3) is 10.0 Å². The number of hydrogen-bond acceptors (Lipinski definition) is 4. The van der Waals surface area contributed by atoms with Gasteiger partial charge in [0.15, 0.2) is 5.03 Å². The fourth-order valence-electron chi connectivity index (χ4n) is 4.74. The van der Waals surface area contributed by atoms with E-state index < -0.39 is 10.0 Å². The zero-order valence-corrected chi connectivity index (χ0v) is 15.5. The van der Waals surface area contributed by atoms with Crippen molar-refractivity contribution >= 4 is 22.4 Å². The van der Waals surface area contributed by atoms with E-state index in [9.17, 15) is 8.42 Å². The summed E-state index contributed by atoms with van der Waals surface area (Å²) in [6.07, 6.45) is 10.00. The first-order valence-electron chi connectivity index (χ1n) is 8.87. The first-order chi connectivity index (χ1) is 11.0. The summed E-state index contributed by atoms with van der Waals surface area (Å²) in [6.45, 7) is 0.876. The second-order valence-electron chi connectivity index (χ2n) is 7.48. The zero-order chi connectivity index (χ0) is 16.0. The molecular weight excluding hydrogens is 348 g/mol. The van der Waals surface area contributed by atoms with E-state index in [1.165, 1.54) is 6.42 Å². The number of nitrogens with zero attached hydrogens (tertiary/aromatic N) is 2. The van der Waals surface area contributed by atoms with E-state index in [0.29, 0.717) is 11.8 Å². The van der Waals surface area contributed by atoms with Gasteiger partial charge in [-0.05, 0) is 50.4 Å². The van der Waals surface area contributed by atoms with Crippen LogP contribution in [0.1, 0.15) is 50.8 Å². The Labute approximate surface area is 150 Å². The molecule has 4 rings (SSSR count). The summed E-state index contributed by atoms with van der Waals surface area (Å²) >= 11 is 0. The van der Waals surface area contributed by atoms with Gasteiger partial charge < -0.3 is 10.3 Å². The second-order valence-corrected chi connectivity index (χ2v) is 9.14. The highest BCUT2D eigenvalue weighted by molar-refractivity contribution is 7.89. The van der Waals surface area contributed by atoms with Gasteiger partial charge in [0.2, 0.25) is 0 Å². The average molecular weight is 375 g/mol. The van der Waals surface area contributed by atoms with E-state index in [1.807, 2.05) is 4.57 Å². The second kappa shape index (κ2) is 6.94. The lowest BCUT2D eigenvalue weighted by molar-refractivity contribution is 0.125. The third-order valence-corrected chi connectivity index (χ3v) is 7.16. The Kier molecular flexibility index (Phi) is 5.25. The van der Waals surface area contributed by atoms with Crippen LogP contribution in [-0.2, 0) is 23.0 Å². The first kappa shape index (κ1) is 18.2. The maximum atomic E-state index is 12.8. The highest BCUT2D eigenvalue weighted by Crippen LogP contribution is 2.40. The highest BCUT2D eigenvalue weighted by Gasteiger charge is 2.41. The Hall–Kier alpha value is -0.630. The maximum Gasteiger partial charge on any atom is 0.259 e. The number of imidazole rings is 1. The van der Waals surface area contributed by atoms with Crippen molar-refractivity contribution in [1.82, 2.24) is 14.3 Å². The van der Waals surface area contributed by atoms with Gasteiger partial charge in [-0.3, -0.25) is 0 Å². The van der Waals surface area contributed by atoms with Crippen LogP contribution in [0, 0.1) is 11.8 Å². The van der Waals surface area contributed by atoms with Gasteiger partial charge in [0.05, 0.1) is 0 Å². The van der Waals surface area contributed by atoms with E-state index in [1.54, 1.807) is 6.20 Å². The van der Waals surface area contributed by atoms with Crippen molar-refractivity contribution in [3.8, 4) is 0 Å². The molecule has 24 heavy (non-hydrogen) atoms. The molecule has 3 aliphatic rings. The molecule has 0 spiro atoms. The van der Waals surface area contributed by atoms with Crippen molar-refractivity contribution in [2.45, 2.75) is 75.0 Å². The van der Waals surface area contributed by atoms with Crippen LogP contribution in [0.4, 0.5) is 0 Å². The molecule has 2 atom stereocenters. The zero-order valence-electron chi connectivity index (χ0n) is 13.9. The van der Waals surface area contributed by atoms with Crippen LogP contribution in [0.15, 0.2) is 11.2 Å². The van der Waals surface area contributed by atoms with Crippen LogP contribution in [0.25, 0.3) is 0 Å². The lowest BCUT2D eigenvalue weighted by Gasteiger charge is -2.44. The lowest BCUT2D eigenvalue weighted by atomic mass is 9.67. The molecule has 3 N–H and O–H groups in total. The standard InChI is InChI=1S/C16H26N4O2S.ClH/c17-13-8-11-4-3-5-12(9-13)16(11)19-23(21,22)15-10-20-7-2-1-6-14(20)18-15;/h10-13,16,19H,1-9,17H2;1H. The molecule has 2 bridgehead atoms. The largest absolute Gasteiger partial charge is 0.333 e. The minimum absolute atomic E-state index is 0. The topological polar surface area (TPSA) is 90.0 Å². The van der Waals surface area contributed by atoms with Crippen molar-refractivity contribution in [3.05, 3.63) is 12.0 Å². The van der Waals surface area contributed by atoms with Gasteiger partial charge >= 0.3 is 0 Å². The molecule has 8 heteroatoms. The summed E-state index contributed by atoms with van der Waals surface area (Å²) < 4.78 is 30.6.